The number of quaternary nitrogens is 1. The second-order valence-corrected chi connectivity index (χ2v) is 6.62. The van der Waals surface area contributed by atoms with Crippen molar-refractivity contribution in [1.82, 2.24) is 0 Å². The number of hydrogen-bond donors (Lipinski definition) is 2. The number of likely N-dealkylation sites (tertiary alicyclic amines) is 1. The topological polar surface area (TPSA) is 54.9 Å². The van der Waals surface area contributed by atoms with E-state index in [1.807, 2.05) is 6.07 Å². The average molecular weight is 316 g/mol. The van der Waals surface area contributed by atoms with E-state index in [4.69, 9.17) is 4.42 Å². The summed E-state index contributed by atoms with van der Waals surface area (Å²) in [7, 11) is 0. The fraction of sp³-hybridized carbons (Fsp3) is 0.526. The molecule has 0 aliphatic carbocycles. The number of unbranched alkanes of at least 4 members (excludes halogenated alkanes) is 1. The van der Waals surface area contributed by atoms with Crippen LogP contribution >= 0.6 is 0 Å². The SMILES string of the molecule is CCCCc1cc(=O)oc2c(C[NH+]3CCCCC3)c(O)ccc12. The number of hydrogen-bond acceptors (Lipinski definition) is 3. The molecule has 4 heteroatoms. The lowest BCUT2D eigenvalue weighted by atomic mass is 10.0. The van der Waals surface area contributed by atoms with Gasteiger partial charge in [0.15, 0.2) is 5.58 Å². The molecule has 0 bridgehead atoms. The van der Waals surface area contributed by atoms with Gasteiger partial charge in [0.25, 0.3) is 0 Å². The Bertz CT molecular complexity index is 729. The molecular weight excluding hydrogens is 290 g/mol. The maximum absolute atomic E-state index is 12.0. The summed E-state index contributed by atoms with van der Waals surface area (Å²) < 4.78 is 5.51. The maximum Gasteiger partial charge on any atom is 0.336 e. The molecule has 2 heterocycles. The van der Waals surface area contributed by atoms with E-state index in [-0.39, 0.29) is 11.4 Å². The Balaban J connectivity index is 2.03. The zero-order chi connectivity index (χ0) is 16.2. The van der Waals surface area contributed by atoms with Crippen molar-refractivity contribution >= 4 is 11.0 Å². The van der Waals surface area contributed by atoms with Crippen LogP contribution in [-0.2, 0) is 13.0 Å². The van der Waals surface area contributed by atoms with Gasteiger partial charge in [0.2, 0.25) is 0 Å². The molecule has 0 amide bonds. The third-order valence-corrected chi connectivity index (χ3v) is 4.86. The van der Waals surface area contributed by atoms with E-state index < -0.39 is 0 Å². The second-order valence-electron chi connectivity index (χ2n) is 6.62. The lowest BCUT2D eigenvalue weighted by Gasteiger charge is -2.24. The Labute approximate surface area is 136 Å². The number of rotatable bonds is 5. The standard InChI is InChI=1S/C19H25NO3/c1-2-3-7-14-12-18(22)23-19-15(14)8-9-17(21)16(19)13-20-10-5-4-6-11-20/h8-9,12,21H,2-7,10-11,13H2,1H3/p+1. The van der Waals surface area contributed by atoms with E-state index in [2.05, 4.69) is 6.92 Å². The molecule has 1 aliphatic rings. The van der Waals surface area contributed by atoms with Gasteiger partial charge in [-0.1, -0.05) is 13.3 Å². The first-order chi connectivity index (χ1) is 11.2. The van der Waals surface area contributed by atoms with Gasteiger partial charge in [-0.2, -0.15) is 0 Å². The minimum Gasteiger partial charge on any atom is -0.507 e. The summed E-state index contributed by atoms with van der Waals surface area (Å²) in [6.45, 7) is 5.11. The average Bonchev–Trinajstić information content (AvgIpc) is 2.56. The molecule has 4 nitrogen and oxygen atoms in total. The zero-order valence-corrected chi connectivity index (χ0v) is 13.9. The van der Waals surface area contributed by atoms with E-state index in [1.54, 1.807) is 12.1 Å². The first kappa shape index (κ1) is 16.1. The van der Waals surface area contributed by atoms with Crippen LogP contribution in [0.5, 0.6) is 5.75 Å². The normalized spacial score (nSPS) is 16.0. The molecule has 124 valence electrons. The van der Waals surface area contributed by atoms with Crippen molar-refractivity contribution in [3.05, 3.63) is 39.7 Å². The minimum atomic E-state index is -0.316. The number of phenolic OH excluding ortho intramolecular Hbond substituents is 1. The highest BCUT2D eigenvalue weighted by Crippen LogP contribution is 2.28. The van der Waals surface area contributed by atoms with Crippen LogP contribution in [0.25, 0.3) is 11.0 Å². The van der Waals surface area contributed by atoms with Crippen LogP contribution in [0.4, 0.5) is 0 Å². The van der Waals surface area contributed by atoms with Crippen molar-refractivity contribution in [2.24, 2.45) is 0 Å². The van der Waals surface area contributed by atoms with E-state index in [1.165, 1.54) is 24.2 Å². The van der Waals surface area contributed by atoms with E-state index >= 15 is 0 Å². The molecule has 0 spiro atoms. The highest BCUT2D eigenvalue weighted by atomic mass is 16.4. The fourth-order valence-corrected chi connectivity index (χ4v) is 3.56. The van der Waals surface area contributed by atoms with Gasteiger partial charge in [0.05, 0.1) is 18.7 Å². The molecule has 1 aromatic carbocycles. The van der Waals surface area contributed by atoms with Gasteiger partial charge in [-0.25, -0.2) is 4.79 Å². The van der Waals surface area contributed by atoms with Crippen LogP contribution in [-0.4, -0.2) is 18.2 Å². The number of fused-ring (bicyclic) bond motifs is 1. The summed E-state index contributed by atoms with van der Waals surface area (Å²) >= 11 is 0. The molecule has 2 N–H and O–H groups in total. The summed E-state index contributed by atoms with van der Waals surface area (Å²) in [6, 6.07) is 5.23. The molecule has 1 aliphatic heterocycles. The quantitative estimate of drug-likeness (QED) is 0.833. The first-order valence-electron chi connectivity index (χ1n) is 8.80. The van der Waals surface area contributed by atoms with Gasteiger partial charge in [-0.3, -0.25) is 0 Å². The monoisotopic (exact) mass is 316 g/mol. The van der Waals surface area contributed by atoms with Crippen molar-refractivity contribution in [1.29, 1.82) is 0 Å². The lowest BCUT2D eigenvalue weighted by molar-refractivity contribution is -0.918. The largest absolute Gasteiger partial charge is 0.507 e. The van der Waals surface area contributed by atoms with Crippen molar-refractivity contribution in [2.45, 2.75) is 52.0 Å². The number of aromatic hydroxyl groups is 1. The second kappa shape index (κ2) is 7.18. The zero-order valence-electron chi connectivity index (χ0n) is 13.9. The minimum absolute atomic E-state index is 0.242. The predicted octanol–water partition coefficient (Wildman–Crippen LogP) is 2.41. The van der Waals surface area contributed by atoms with Gasteiger partial charge in [0, 0.05) is 11.5 Å². The van der Waals surface area contributed by atoms with Crippen molar-refractivity contribution < 1.29 is 14.4 Å². The molecule has 1 saturated heterocycles. The molecule has 23 heavy (non-hydrogen) atoms. The Morgan fingerprint density at radius 3 is 2.74 bits per heavy atom. The molecule has 0 atom stereocenters. The number of benzene rings is 1. The highest BCUT2D eigenvalue weighted by Gasteiger charge is 2.20. The molecule has 0 unspecified atom stereocenters. The highest BCUT2D eigenvalue weighted by molar-refractivity contribution is 5.85. The van der Waals surface area contributed by atoms with E-state index in [0.29, 0.717) is 5.58 Å². The molecule has 1 aromatic heterocycles. The van der Waals surface area contributed by atoms with Crippen LogP contribution in [0.3, 0.4) is 0 Å². The van der Waals surface area contributed by atoms with Crippen LogP contribution in [0.2, 0.25) is 0 Å². The molecule has 0 radical (unpaired) electrons. The van der Waals surface area contributed by atoms with Crippen molar-refractivity contribution in [3.8, 4) is 5.75 Å². The molecule has 1 fully saturated rings. The molecule has 2 aromatic rings. The Morgan fingerprint density at radius 2 is 2.00 bits per heavy atom. The number of piperidine rings is 1. The van der Waals surface area contributed by atoms with Gasteiger partial charge in [0.1, 0.15) is 12.3 Å². The number of aryl methyl sites for hydroxylation is 1. The predicted molar refractivity (Wildman–Crippen MR) is 91.0 cm³/mol. The summed E-state index contributed by atoms with van der Waals surface area (Å²) in [6.07, 6.45) is 6.76. The van der Waals surface area contributed by atoms with Gasteiger partial charge < -0.3 is 14.4 Å². The molecule has 0 saturated carbocycles. The third-order valence-electron chi connectivity index (χ3n) is 4.86. The molecular formula is C19H26NO3+. The van der Waals surface area contributed by atoms with Crippen molar-refractivity contribution in [3.63, 3.8) is 0 Å². The Hall–Kier alpha value is -1.81. The van der Waals surface area contributed by atoms with Gasteiger partial charge >= 0.3 is 5.63 Å². The Kier molecular flexibility index (Phi) is 5.01. The van der Waals surface area contributed by atoms with Crippen molar-refractivity contribution in [2.75, 3.05) is 13.1 Å². The first-order valence-corrected chi connectivity index (χ1v) is 8.80. The third kappa shape index (κ3) is 3.58. The maximum atomic E-state index is 12.0. The fourth-order valence-electron chi connectivity index (χ4n) is 3.56. The van der Waals surface area contributed by atoms with Gasteiger partial charge in [-0.05, 0) is 49.8 Å². The van der Waals surface area contributed by atoms with E-state index in [9.17, 15) is 9.90 Å². The van der Waals surface area contributed by atoms with Crippen LogP contribution in [0, 0.1) is 0 Å². The van der Waals surface area contributed by atoms with E-state index in [0.717, 1.165) is 55.4 Å². The lowest BCUT2D eigenvalue weighted by Crippen LogP contribution is -3.11. The summed E-state index contributed by atoms with van der Waals surface area (Å²) in [5.41, 5.74) is 2.09. The number of nitrogens with one attached hydrogen (secondary N) is 1. The Morgan fingerprint density at radius 1 is 1.22 bits per heavy atom. The number of phenols is 1. The summed E-state index contributed by atoms with van der Waals surface area (Å²) in [5, 5.41) is 11.3. The molecule has 3 rings (SSSR count). The van der Waals surface area contributed by atoms with Crippen LogP contribution in [0.1, 0.15) is 50.2 Å². The smallest absolute Gasteiger partial charge is 0.336 e. The van der Waals surface area contributed by atoms with Crippen LogP contribution in [0.15, 0.2) is 27.4 Å². The van der Waals surface area contributed by atoms with Gasteiger partial charge in [-0.15, -0.1) is 0 Å². The summed E-state index contributed by atoms with van der Waals surface area (Å²) in [4.78, 5) is 13.4. The van der Waals surface area contributed by atoms with Crippen LogP contribution < -0.4 is 10.5 Å². The summed E-state index contributed by atoms with van der Waals surface area (Å²) in [5.74, 6) is 0.242.